The summed E-state index contributed by atoms with van der Waals surface area (Å²) in [5.74, 6) is 1.01. The minimum atomic E-state index is -0.101. The molecular formula is C12H9BrO2. The predicted octanol–water partition coefficient (Wildman–Crippen LogP) is 3.58. The summed E-state index contributed by atoms with van der Waals surface area (Å²) in [5, 5.41) is 0. The van der Waals surface area contributed by atoms with Gasteiger partial charge in [0, 0.05) is 10.0 Å². The van der Waals surface area contributed by atoms with Gasteiger partial charge in [-0.05, 0) is 31.2 Å². The van der Waals surface area contributed by atoms with Crippen molar-refractivity contribution in [2.24, 2.45) is 0 Å². The molecule has 2 aromatic rings. The number of hydrogen-bond donors (Lipinski definition) is 0. The number of carbonyl (C=O) groups excluding carboxylic acids is 1. The fourth-order valence-corrected chi connectivity index (χ4v) is 1.80. The molecule has 0 N–H and O–H groups in total. The monoisotopic (exact) mass is 264 g/mol. The van der Waals surface area contributed by atoms with Crippen molar-refractivity contribution in [3.8, 4) is 0 Å². The molecule has 1 aromatic heterocycles. The highest BCUT2D eigenvalue weighted by atomic mass is 79.9. The Bertz CT molecular complexity index is 500. The van der Waals surface area contributed by atoms with Crippen molar-refractivity contribution in [2.75, 3.05) is 0 Å². The SMILES string of the molecule is Cc1ccc(C(=O)c2ccccc2Br)o1. The standard InChI is InChI=1S/C12H9BrO2/c1-8-6-7-11(15-8)12(14)9-4-2-3-5-10(9)13/h2-7H,1H3. The van der Waals surface area contributed by atoms with E-state index in [1.54, 1.807) is 18.2 Å². The zero-order chi connectivity index (χ0) is 10.8. The number of ketones is 1. The molecule has 0 spiro atoms. The highest BCUT2D eigenvalue weighted by Gasteiger charge is 2.14. The summed E-state index contributed by atoms with van der Waals surface area (Å²) >= 11 is 3.34. The molecule has 0 atom stereocenters. The second-order valence-electron chi connectivity index (χ2n) is 3.22. The van der Waals surface area contributed by atoms with Gasteiger partial charge in [0.25, 0.3) is 0 Å². The van der Waals surface area contributed by atoms with Gasteiger partial charge < -0.3 is 4.42 Å². The van der Waals surface area contributed by atoms with Crippen LogP contribution in [-0.2, 0) is 0 Å². The first kappa shape index (κ1) is 10.2. The second-order valence-corrected chi connectivity index (χ2v) is 4.07. The van der Waals surface area contributed by atoms with Crippen LogP contribution in [0.1, 0.15) is 21.9 Å². The van der Waals surface area contributed by atoms with Crippen LogP contribution >= 0.6 is 15.9 Å². The molecule has 0 unspecified atom stereocenters. The fourth-order valence-electron chi connectivity index (χ4n) is 1.33. The van der Waals surface area contributed by atoms with Crippen LogP contribution in [0, 0.1) is 6.92 Å². The van der Waals surface area contributed by atoms with Gasteiger partial charge in [0.05, 0.1) is 0 Å². The molecule has 2 nitrogen and oxygen atoms in total. The van der Waals surface area contributed by atoms with Gasteiger partial charge in [-0.15, -0.1) is 0 Å². The van der Waals surface area contributed by atoms with Gasteiger partial charge in [-0.2, -0.15) is 0 Å². The Kier molecular flexibility index (Phi) is 2.73. The third kappa shape index (κ3) is 2.02. The van der Waals surface area contributed by atoms with Crippen LogP contribution in [0.3, 0.4) is 0 Å². The Labute approximate surface area is 96.0 Å². The number of aryl methyl sites for hydroxylation is 1. The third-order valence-electron chi connectivity index (χ3n) is 2.08. The summed E-state index contributed by atoms with van der Waals surface area (Å²) in [6.45, 7) is 1.82. The smallest absolute Gasteiger partial charge is 0.229 e. The quantitative estimate of drug-likeness (QED) is 0.777. The molecule has 3 heteroatoms. The Balaban J connectivity index is 2.41. The van der Waals surface area contributed by atoms with Crippen molar-refractivity contribution < 1.29 is 9.21 Å². The minimum absolute atomic E-state index is 0.101. The number of halogens is 1. The van der Waals surface area contributed by atoms with E-state index < -0.39 is 0 Å². The van der Waals surface area contributed by atoms with Gasteiger partial charge in [-0.3, -0.25) is 4.79 Å². The van der Waals surface area contributed by atoms with Crippen LogP contribution in [0.5, 0.6) is 0 Å². The summed E-state index contributed by atoms with van der Waals surface area (Å²) in [6, 6.07) is 10.8. The molecular weight excluding hydrogens is 256 g/mol. The highest BCUT2D eigenvalue weighted by molar-refractivity contribution is 9.10. The molecule has 0 aliphatic rings. The largest absolute Gasteiger partial charge is 0.458 e. The van der Waals surface area contributed by atoms with E-state index in [1.165, 1.54) is 0 Å². The molecule has 15 heavy (non-hydrogen) atoms. The molecule has 2 rings (SSSR count). The number of benzene rings is 1. The Morgan fingerprint density at radius 2 is 1.93 bits per heavy atom. The van der Waals surface area contributed by atoms with Crippen LogP contribution in [0.2, 0.25) is 0 Å². The van der Waals surface area contributed by atoms with Gasteiger partial charge >= 0.3 is 0 Å². The molecule has 0 saturated carbocycles. The zero-order valence-corrected chi connectivity index (χ0v) is 9.74. The summed E-state index contributed by atoms with van der Waals surface area (Å²) in [7, 11) is 0. The van der Waals surface area contributed by atoms with Crippen molar-refractivity contribution in [3.05, 3.63) is 58.0 Å². The molecule has 0 radical (unpaired) electrons. The second kappa shape index (κ2) is 4.03. The lowest BCUT2D eigenvalue weighted by Crippen LogP contribution is -2.00. The normalized spacial score (nSPS) is 10.3. The van der Waals surface area contributed by atoms with E-state index >= 15 is 0 Å². The van der Waals surface area contributed by atoms with E-state index in [2.05, 4.69) is 15.9 Å². The van der Waals surface area contributed by atoms with Crippen LogP contribution in [0.25, 0.3) is 0 Å². The third-order valence-corrected chi connectivity index (χ3v) is 2.77. The van der Waals surface area contributed by atoms with E-state index in [0.29, 0.717) is 11.3 Å². The summed E-state index contributed by atoms with van der Waals surface area (Å²) < 4.78 is 6.07. The first-order valence-electron chi connectivity index (χ1n) is 4.54. The van der Waals surface area contributed by atoms with Gasteiger partial charge in [0.15, 0.2) is 5.76 Å². The summed E-state index contributed by atoms with van der Waals surface area (Å²) in [6.07, 6.45) is 0. The molecule has 0 saturated heterocycles. The lowest BCUT2D eigenvalue weighted by molar-refractivity contribution is 0.101. The van der Waals surface area contributed by atoms with E-state index in [-0.39, 0.29) is 5.78 Å². The van der Waals surface area contributed by atoms with Crippen LogP contribution in [-0.4, -0.2) is 5.78 Å². The van der Waals surface area contributed by atoms with Crippen molar-refractivity contribution in [1.82, 2.24) is 0 Å². The lowest BCUT2D eigenvalue weighted by atomic mass is 10.1. The number of hydrogen-bond acceptors (Lipinski definition) is 2. The topological polar surface area (TPSA) is 30.2 Å². The van der Waals surface area contributed by atoms with Gasteiger partial charge in [0.2, 0.25) is 5.78 Å². The maximum Gasteiger partial charge on any atom is 0.229 e. The van der Waals surface area contributed by atoms with Gasteiger partial charge in [-0.25, -0.2) is 0 Å². The maximum absolute atomic E-state index is 12.0. The first-order valence-corrected chi connectivity index (χ1v) is 5.33. The maximum atomic E-state index is 12.0. The molecule has 1 aromatic carbocycles. The van der Waals surface area contributed by atoms with Gasteiger partial charge in [-0.1, -0.05) is 28.1 Å². The predicted molar refractivity (Wildman–Crippen MR) is 61.0 cm³/mol. The Morgan fingerprint density at radius 1 is 1.20 bits per heavy atom. The minimum Gasteiger partial charge on any atom is -0.458 e. The van der Waals surface area contributed by atoms with E-state index in [0.717, 1.165) is 10.2 Å². The molecule has 0 fully saturated rings. The fraction of sp³-hybridized carbons (Fsp3) is 0.0833. The molecule has 0 aliphatic carbocycles. The molecule has 76 valence electrons. The van der Waals surface area contributed by atoms with Crippen molar-refractivity contribution >= 4 is 21.7 Å². The van der Waals surface area contributed by atoms with E-state index in [1.807, 2.05) is 25.1 Å². The highest BCUT2D eigenvalue weighted by Crippen LogP contribution is 2.20. The molecule has 1 heterocycles. The molecule has 0 aliphatic heterocycles. The van der Waals surface area contributed by atoms with Crippen molar-refractivity contribution in [2.45, 2.75) is 6.92 Å². The van der Waals surface area contributed by atoms with E-state index in [4.69, 9.17) is 4.42 Å². The van der Waals surface area contributed by atoms with Crippen molar-refractivity contribution in [3.63, 3.8) is 0 Å². The molecule has 0 amide bonds. The van der Waals surface area contributed by atoms with Crippen LogP contribution < -0.4 is 0 Å². The lowest BCUT2D eigenvalue weighted by Gasteiger charge is -1.99. The van der Waals surface area contributed by atoms with Crippen LogP contribution in [0.4, 0.5) is 0 Å². The number of rotatable bonds is 2. The Morgan fingerprint density at radius 3 is 2.53 bits per heavy atom. The zero-order valence-electron chi connectivity index (χ0n) is 8.16. The van der Waals surface area contributed by atoms with E-state index in [9.17, 15) is 4.79 Å². The number of furan rings is 1. The van der Waals surface area contributed by atoms with Crippen LogP contribution in [0.15, 0.2) is 45.3 Å². The summed E-state index contributed by atoms with van der Waals surface area (Å²) in [5.41, 5.74) is 0.617. The first-order chi connectivity index (χ1) is 7.18. The Hall–Kier alpha value is -1.35. The molecule has 0 bridgehead atoms. The number of carbonyl (C=O) groups is 1. The van der Waals surface area contributed by atoms with Crippen molar-refractivity contribution in [1.29, 1.82) is 0 Å². The average Bonchev–Trinajstić information content (AvgIpc) is 2.65. The summed E-state index contributed by atoms with van der Waals surface area (Å²) in [4.78, 5) is 12.0. The average molecular weight is 265 g/mol. The van der Waals surface area contributed by atoms with Gasteiger partial charge in [0.1, 0.15) is 5.76 Å².